The molecule has 0 aromatic rings. The van der Waals surface area contributed by atoms with Crippen LogP contribution in [0, 0.1) is 5.92 Å². The van der Waals surface area contributed by atoms with Crippen LogP contribution in [0.4, 0.5) is 0 Å². The topological polar surface area (TPSA) is 42.0 Å². The first-order valence-corrected chi connectivity index (χ1v) is 7.81. The van der Waals surface area contributed by atoms with E-state index in [1.54, 1.807) is 4.90 Å². The third kappa shape index (κ3) is 3.00. The van der Waals surface area contributed by atoms with Crippen LogP contribution in [0.5, 0.6) is 0 Å². The predicted octanol–water partition coefficient (Wildman–Crippen LogP) is 0.733. The maximum Gasteiger partial charge on any atom is 0.224 e. The van der Waals surface area contributed by atoms with Crippen molar-refractivity contribution in [3.8, 4) is 0 Å². The molecule has 5 nitrogen and oxygen atoms in total. The van der Waals surface area contributed by atoms with Crippen LogP contribution in [-0.4, -0.2) is 74.4 Å². The standard InChI is InChI=1S/C15H26N2O3/c1-16(2)15(18)8-13-7-11-9-17(10-14(11)20-13)12-3-5-19-6-4-12/h11-14H,3-10H2,1-2H3/t11-,13+,14+/m1/s1. The number of carbonyl (C=O) groups excluding carboxylic acids is 1. The number of hydrogen-bond donors (Lipinski definition) is 0. The summed E-state index contributed by atoms with van der Waals surface area (Å²) in [5, 5.41) is 0. The summed E-state index contributed by atoms with van der Waals surface area (Å²) < 4.78 is 11.5. The summed E-state index contributed by atoms with van der Waals surface area (Å²) in [6, 6.07) is 0.680. The van der Waals surface area contributed by atoms with Gasteiger partial charge >= 0.3 is 0 Å². The van der Waals surface area contributed by atoms with Gasteiger partial charge in [-0.15, -0.1) is 0 Å². The van der Waals surface area contributed by atoms with Crippen molar-refractivity contribution in [2.24, 2.45) is 5.92 Å². The summed E-state index contributed by atoms with van der Waals surface area (Å²) in [5.41, 5.74) is 0. The zero-order chi connectivity index (χ0) is 14.1. The van der Waals surface area contributed by atoms with Crippen molar-refractivity contribution in [3.05, 3.63) is 0 Å². The highest BCUT2D eigenvalue weighted by Gasteiger charge is 2.44. The molecule has 3 rings (SSSR count). The molecule has 0 saturated carbocycles. The Morgan fingerprint density at radius 1 is 1.25 bits per heavy atom. The molecule has 0 spiro atoms. The summed E-state index contributed by atoms with van der Waals surface area (Å²) in [7, 11) is 3.62. The van der Waals surface area contributed by atoms with Crippen LogP contribution in [0.25, 0.3) is 0 Å². The number of carbonyl (C=O) groups is 1. The molecular formula is C15H26N2O3. The predicted molar refractivity (Wildman–Crippen MR) is 75.5 cm³/mol. The van der Waals surface area contributed by atoms with E-state index in [1.807, 2.05) is 14.1 Å². The Morgan fingerprint density at radius 3 is 2.65 bits per heavy atom. The van der Waals surface area contributed by atoms with Gasteiger partial charge in [0.15, 0.2) is 0 Å². The first-order chi connectivity index (χ1) is 9.63. The minimum absolute atomic E-state index is 0.136. The number of amides is 1. The Hall–Kier alpha value is -0.650. The lowest BCUT2D eigenvalue weighted by atomic mass is 10.0. The summed E-state index contributed by atoms with van der Waals surface area (Å²) in [6.07, 6.45) is 4.38. The number of hydrogen-bond acceptors (Lipinski definition) is 4. The molecule has 3 fully saturated rings. The van der Waals surface area contributed by atoms with E-state index in [4.69, 9.17) is 9.47 Å². The molecule has 3 atom stereocenters. The van der Waals surface area contributed by atoms with Gasteiger partial charge in [-0.2, -0.15) is 0 Å². The van der Waals surface area contributed by atoms with E-state index in [1.165, 1.54) is 0 Å². The number of likely N-dealkylation sites (tertiary alicyclic amines) is 1. The van der Waals surface area contributed by atoms with E-state index in [9.17, 15) is 4.79 Å². The molecule has 0 aromatic heterocycles. The van der Waals surface area contributed by atoms with Gasteiger partial charge in [0.25, 0.3) is 0 Å². The highest BCUT2D eigenvalue weighted by Crippen LogP contribution is 2.36. The zero-order valence-corrected chi connectivity index (χ0v) is 12.6. The van der Waals surface area contributed by atoms with Crippen LogP contribution in [0.3, 0.4) is 0 Å². The first kappa shape index (κ1) is 14.3. The normalized spacial score (nSPS) is 35.2. The fourth-order valence-corrected chi connectivity index (χ4v) is 3.75. The average molecular weight is 282 g/mol. The molecule has 3 heterocycles. The van der Waals surface area contributed by atoms with Crippen LogP contribution in [-0.2, 0) is 14.3 Å². The minimum Gasteiger partial charge on any atom is -0.381 e. The van der Waals surface area contributed by atoms with E-state index >= 15 is 0 Å². The van der Waals surface area contributed by atoms with Crippen molar-refractivity contribution in [3.63, 3.8) is 0 Å². The summed E-state index contributed by atoms with van der Waals surface area (Å²) >= 11 is 0. The highest BCUT2D eigenvalue weighted by molar-refractivity contribution is 5.76. The molecule has 0 bridgehead atoms. The first-order valence-electron chi connectivity index (χ1n) is 7.81. The number of fused-ring (bicyclic) bond motifs is 1. The van der Waals surface area contributed by atoms with Gasteiger partial charge in [0.2, 0.25) is 5.91 Å². The van der Waals surface area contributed by atoms with E-state index in [-0.39, 0.29) is 12.0 Å². The molecule has 0 aliphatic carbocycles. The fourth-order valence-electron chi connectivity index (χ4n) is 3.75. The van der Waals surface area contributed by atoms with Crippen molar-refractivity contribution in [1.29, 1.82) is 0 Å². The smallest absolute Gasteiger partial charge is 0.224 e. The summed E-state index contributed by atoms with van der Waals surface area (Å²) in [6.45, 7) is 3.98. The Labute approximate surface area is 121 Å². The second-order valence-electron chi connectivity index (χ2n) is 6.58. The maximum atomic E-state index is 11.8. The van der Waals surface area contributed by atoms with Crippen LogP contribution in [0.2, 0.25) is 0 Å². The molecule has 0 aromatic carbocycles. The lowest BCUT2D eigenvalue weighted by molar-refractivity contribution is -0.131. The molecule has 3 aliphatic rings. The zero-order valence-electron chi connectivity index (χ0n) is 12.6. The number of nitrogens with zero attached hydrogens (tertiary/aromatic N) is 2. The molecule has 0 N–H and O–H groups in total. The largest absolute Gasteiger partial charge is 0.381 e. The molecule has 3 saturated heterocycles. The van der Waals surface area contributed by atoms with Crippen molar-refractivity contribution in [1.82, 2.24) is 9.80 Å². The Morgan fingerprint density at radius 2 is 2.00 bits per heavy atom. The van der Waals surface area contributed by atoms with E-state index in [2.05, 4.69) is 4.90 Å². The lowest BCUT2D eigenvalue weighted by Crippen LogP contribution is -2.39. The molecule has 3 aliphatic heterocycles. The van der Waals surface area contributed by atoms with Crippen LogP contribution in [0.1, 0.15) is 25.7 Å². The monoisotopic (exact) mass is 282 g/mol. The van der Waals surface area contributed by atoms with E-state index < -0.39 is 0 Å². The SMILES string of the molecule is CN(C)C(=O)C[C@@H]1C[C@@H]2CN(C3CCOCC3)C[C@@H]2O1. The van der Waals surface area contributed by atoms with Crippen LogP contribution in [0.15, 0.2) is 0 Å². The van der Waals surface area contributed by atoms with Gasteiger partial charge in [-0.05, 0) is 19.3 Å². The van der Waals surface area contributed by atoms with Gasteiger partial charge in [-0.25, -0.2) is 0 Å². The molecule has 20 heavy (non-hydrogen) atoms. The van der Waals surface area contributed by atoms with Gasteiger partial charge in [0.05, 0.1) is 18.6 Å². The van der Waals surface area contributed by atoms with Gasteiger partial charge < -0.3 is 14.4 Å². The Balaban J connectivity index is 1.48. The lowest BCUT2D eigenvalue weighted by Gasteiger charge is -2.31. The fraction of sp³-hybridized carbons (Fsp3) is 0.933. The van der Waals surface area contributed by atoms with Crippen molar-refractivity contribution in [2.45, 2.75) is 43.9 Å². The molecule has 1 amide bonds. The molecule has 0 unspecified atom stereocenters. The number of ether oxygens (including phenoxy) is 2. The Kier molecular flexibility index (Phi) is 4.29. The maximum absolute atomic E-state index is 11.8. The van der Waals surface area contributed by atoms with Crippen molar-refractivity contribution < 1.29 is 14.3 Å². The Bertz CT molecular complexity index is 341. The minimum atomic E-state index is 0.136. The van der Waals surface area contributed by atoms with Gasteiger partial charge in [0, 0.05) is 52.4 Å². The quantitative estimate of drug-likeness (QED) is 0.765. The highest BCUT2D eigenvalue weighted by atomic mass is 16.5. The van der Waals surface area contributed by atoms with Gasteiger partial charge in [0.1, 0.15) is 0 Å². The second-order valence-corrected chi connectivity index (χ2v) is 6.58. The summed E-state index contributed by atoms with van der Waals surface area (Å²) in [4.78, 5) is 16.0. The van der Waals surface area contributed by atoms with E-state index in [0.717, 1.165) is 45.6 Å². The van der Waals surface area contributed by atoms with Crippen molar-refractivity contribution in [2.75, 3.05) is 40.4 Å². The van der Waals surface area contributed by atoms with Gasteiger partial charge in [-0.3, -0.25) is 9.69 Å². The third-order valence-corrected chi connectivity index (χ3v) is 4.95. The average Bonchev–Trinajstić information content (AvgIpc) is 2.97. The van der Waals surface area contributed by atoms with Crippen molar-refractivity contribution >= 4 is 5.91 Å². The second kappa shape index (κ2) is 6.00. The van der Waals surface area contributed by atoms with E-state index in [0.29, 0.717) is 24.5 Å². The third-order valence-electron chi connectivity index (χ3n) is 4.95. The van der Waals surface area contributed by atoms with Crippen LogP contribution < -0.4 is 0 Å². The molecule has 0 radical (unpaired) electrons. The molecular weight excluding hydrogens is 256 g/mol. The van der Waals surface area contributed by atoms with Gasteiger partial charge in [-0.1, -0.05) is 0 Å². The molecule has 5 heteroatoms. The van der Waals surface area contributed by atoms with Crippen LogP contribution >= 0.6 is 0 Å². The summed E-state index contributed by atoms with van der Waals surface area (Å²) in [5.74, 6) is 0.800. The molecule has 114 valence electrons. The number of rotatable bonds is 3.